The second kappa shape index (κ2) is 25.8. The first kappa shape index (κ1) is 57.2. The maximum absolute atomic E-state index is 7.32. The van der Waals surface area contributed by atoms with E-state index in [4.69, 9.17) is 66.0 Å². The summed E-state index contributed by atoms with van der Waals surface area (Å²) in [6, 6.07) is 40.7. The zero-order chi connectivity index (χ0) is 53.5. The highest BCUT2D eigenvalue weighted by atomic mass is 28.4. The van der Waals surface area contributed by atoms with Crippen LogP contribution in [0.3, 0.4) is 0 Å². The second-order valence-electron chi connectivity index (χ2n) is 22.9. The van der Waals surface area contributed by atoms with Gasteiger partial charge in [-0.1, -0.05) is 163 Å². The van der Waals surface area contributed by atoms with E-state index in [-0.39, 0.29) is 13.2 Å². The zero-order valence-corrected chi connectivity index (χ0v) is 47.4. The van der Waals surface area contributed by atoms with Crippen LogP contribution in [0.2, 0.25) is 16.6 Å². The molecular weight excluding hydrogens is 985 g/mol. The van der Waals surface area contributed by atoms with Crippen LogP contribution >= 0.6 is 0 Å². The van der Waals surface area contributed by atoms with Crippen molar-refractivity contribution in [1.29, 1.82) is 0 Å². The van der Waals surface area contributed by atoms with Gasteiger partial charge in [-0.2, -0.15) is 0 Å². The lowest BCUT2D eigenvalue weighted by Crippen LogP contribution is -2.58. The van der Waals surface area contributed by atoms with Gasteiger partial charge in [0.25, 0.3) is 0 Å². The van der Waals surface area contributed by atoms with Gasteiger partial charge in [0.2, 0.25) is 0 Å². The third kappa shape index (κ3) is 14.3. The Morgan fingerprint density at radius 1 is 0.421 bits per heavy atom. The van der Waals surface area contributed by atoms with E-state index in [9.17, 15) is 0 Å². The highest BCUT2D eigenvalue weighted by Crippen LogP contribution is 2.46. The topological polar surface area (TPSA) is 129 Å². The summed E-state index contributed by atoms with van der Waals surface area (Å²) in [5.41, 5.74) is 5.28. The van der Waals surface area contributed by atoms with Crippen LogP contribution in [0.15, 0.2) is 121 Å². The lowest BCUT2D eigenvalue weighted by molar-refractivity contribution is -0.313. The Labute approximate surface area is 452 Å². The standard InChI is InChI=1S/C61H84O14Si/c1-40(2)76(41(3)4,42(5)6)68-39-51-55(67-36-46-29-21-14-22-30-46)48(63-34-44-25-17-12-18-26-44)32-53(70-51)64-37-49-54(66-35-45-27-19-13-20-28-45)47(62-33-43-23-15-11-16-24-43)31-52(69-49)65-38-50-56-57(73-60(7,8)72-56)58-59(71-50)75-61(9,10)74-58/h11-30,40-42,47-59H,31-39H2,1-10H3/t47-,48-,49?,50?,51?,52+,53+,54-,55-,56+,57?,58?,59-/m1/s1. The molecule has 76 heavy (non-hydrogen) atoms. The van der Waals surface area contributed by atoms with E-state index in [1.54, 1.807) is 0 Å². The predicted molar refractivity (Wildman–Crippen MR) is 288 cm³/mol. The average Bonchev–Trinajstić information content (AvgIpc) is 3.94. The molecule has 4 aromatic rings. The lowest BCUT2D eigenvalue weighted by Gasteiger charge is -2.46. The molecule has 416 valence electrons. The van der Waals surface area contributed by atoms with Gasteiger partial charge in [0.15, 0.2) is 38.8 Å². The van der Waals surface area contributed by atoms with Gasteiger partial charge in [-0.05, 0) is 66.6 Å². The number of benzene rings is 4. The summed E-state index contributed by atoms with van der Waals surface area (Å²) >= 11 is 0. The molecule has 0 radical (unpaired) electrons. The molecule has 5 heterocycles. The van der Waals surface area contributed by atoms with Gasteiger partial charge in [-0.25, -0.2) is 0 Å². The van der Waals surface area contributed by atoms with Gasteiger partial charge in [-0.15, -0.1) is 0 Å². The second-order valence-corrected chi connectivity index (χ2v) is 28.3. The zero-order valence-electron chi connectivity index (χ0n) is 46.4. The van der Waals surface area contributed by atoms with Crippen molar-refractivity contribution in [2.24, 2.45) is 0 Å². The highest BCUT2D eigenvalue weighted by molar-refractivity contribution is 6.77. The molecular formula is C61H84O14Si. The first-order valence-electron chi connectivity index (χ1n) is 27.7. The van der Waals surface area contributed by atoms with E-state index in [0.717, 1.165) is 22.3 Å². The molecule has 13 atom stereocenters. The van der Waals surface area contributed by atoms with Crippen molar-refractivity contribution < 1.29 is 66.0 Å². The average molecular weight is 1070 g/mol. The summed E-state index contributed by atoms with van der Waals surface area (Å²) in [4.78, 5) is 0. The maximum Gasteiger partial charge on any atom is 0.200 e. The Balaban J connectivity index is 0.990. The van der Waals surface area contributed by atoms with Crippen molar-refractivity contribution >= 4 is 8.32 Å². The van der Waals surface area contributed by atoms with Crippen LogP contribution in [0, 0.1) is 0 Å². The van der Waals surface area contributed by atoms with Gasteiger partial charge in [0, 0.05) is 12.8 Å². The van der Waals surface area contributed by atoms with E-state index in [1.807, 2.05) is 100 Å². The fourth-order valence-electron chi connectivity index (χ4n) is 12.1. The van der Waals surface area contributed by atoms with Crippen LogP contribution in [0.5, 0.6) is 0 Å². The fourth-order valence-corrected chi connectivity index (χ4v) is 17.5. The number of hydrogen-bond acceptors (Lipinski definition) is 14. The van der Waals surface area contributed by atoms with Crippen LogP contribution in [0.25, 0.3) is 0 Å². The molecule has 14 nitrogen and oxygen atoms in total. The van der Waals surface area contributed by atoms with E-state index in [1.165, 1.54) is 0 Å². The minimum atomic E-state index is -2.35. The number of hydrogen-bond donors (Lipinski definition) is 0. The molecule has 0 spiro atoms. The summed E-state index contributed by atoms with van der Waals surface area (Å²) in [5.74, 6) is -1.72. The Morgan fingerprint density at radius 3 is 1.22 bits per heavy atom. The quantitative estimate of drug-likeness (QED) is 0.0617. The largest absolute Gasteiger partial charge is 0.413 e. The Hall–Kier alpha value is -3.46. The van der Waals surface area contributed by atoms with Crippen LogP contribution in [-0.2, 0) is 92.4 Å². The predicted octanol–water partition coefficient (Wildman–Crippen LogP) is 11.2. The number of rotatable bonds is 24. The van der Waals surface area contributed by atoms with Crippen molar-refractivity contribution in [2.45, 2.75) is 217 Å². The van der Waals surface area contributed by atoms with E-state index in [2.05, 4.69) is 90.1 Å². The normalized spacial score (nSPS) is 31.2. The number of ether oxygens (including phenoxy) is 13. The van der Waals surface area contributed by atoms with Gasteiger partial charge >= 0.3 is 0 Å². The molecule has 0 amide bonds. The Bertz CT molecular complexity index is 2320. The molecule has 0 aromatic heterocycles. The van der Waals surface area contributed by atoms with Crippen LogP contribution < -0.4 is 0 Å². The molecule has 0 bridgehead atoms. The van der Waals surface area contributed by atoms with Crippen molar-refractivity contribution in [3.05, 3.63) is 144 Å². The Kier molecular flexibility index (Phi) is 19.4. The first-order valence-corrected chi connectivity index (χ1v) is 29.9. The van der Waals surface area contributed by atoms with Crippen molar-refractivity contribution in [1.82, 2.24) is 0 Å². The summed E-state index contributed by atoms with van der Waals surface area (Å²) in [7, 11) is -2.35. The summed E-state index contributed by atoms with van der Waals surface area (Å²) in [6.07, 6.45) is -6.38. The fraction of sp³-hybridized carbons (Fsp3) is 0.607. The molecule has 0 N–H and O–H groups in total. The molecule has 5 aliphatic rings. The van der Waals surface area contributed by atoms with Gasteiger partial charge in [0.05, 0.1) is 58.5 Å². The Morgan fingerprint density at radius 2 is 0.789 bits per heavy atom. The van der Waals surface area contributed by atoms with Crippen molar-refractivity contribution in [3.63, 3.8) is 0 Å². The molecule has 5 aliphatic heterocycles. The smallest absolute Gasteiger partial charge is 0.200 e. The minimum absolute atomic E-state index is 0.0894. The lowest BCUT2D eigenvalue weighted by atomic mass is 9.99. The van der Waals surface area contributed by atoms with Gasteiger partial charge in [0.1, 0.15) is 48.8 Å². The summed E-state index contributed by atoms with van der Waals surface area (Å²) in [6.45, 7) is 23.4. The van der Waals surface area contributed by atoms with E-state index < -0.39 is 99.8 Å². The molecule has 15 heteroatoms. The molecule has 0 saturated carbocycles. The monoisotopic (exact) mass is 1070 g/mol. The van der Waals surface area contributed by atoms with Crippen LogP contribution in [0.4, 0.5) is 0 Å². The maximum atomic E-state index is 7.32. The van der Waals surface area contributed by atoms with Crippen molar-refractivity contribution in [3.8, 4) is 0 Å². The van der Waals surface area contributed by atoms with Crippen LogP contribution in [-0.4, -0.2) is 120 Å². The molecule has 5 fully saturated rings. The highest BCUT2D eigenvalue weighted by Gasteiger charge is 2.61. The molecule has 9 rings (SSSR count). The minimum Gasteiger partial charge on any atom is -0.413 e. The summed E-state index contributed by atoms with van der Waals surface area (Å²) < 4.78 is 94.8. The van der Waals surface area contributed by atoms with Gasteiger partial charge in [-0.3, -0.25) is 0 Å². The van der Waals surface area contributed by atoms with Crippen LogP contribution in [0.1, 0.15) is 104 Å². The van der Waals surface area contributed by atoms with Gasteiger partial charge < -0.3 is 66.0 Å². The van der Waals surface area contributed by atoms with E-state index >= 15 is 0 Å². The third-order valence-corrected chi connectivity index (χ3v) is 21.6. The molecule has 4 aromatic carbocycles. The molecule has 0 aliphatic carbocycles. The van der Waals surface area contributed by atoms with E-state index in [0.29, 0.717) is 62.5 Å². The summed E-state index contributed by atoms with van der Waals surface area (Å²) in [5, 5.41) is 0. The SMILES string of the molecule is CC(C)[Si](OCC1O[C@H](OCC2O[C@H](OCC3O[C@@H]4OC(C)(C)OC4C4OC(C)(C)O[C@@H]34)C[C@@H](OCc3ccccc3)[C@H]2OCc2ccccc2)C[C@@H](OCc2ccccc2)[C@H]1OCc1ccccc1)(C(C)C)C(C)C. The van der Waals surface area contributed by atoms with Crippen molar-refractivity contribution in [2.75, 3.05) is 19.8 Å². The first-order chi connectivity index (χ1) is 36.6. The third-order valence-electron chi connectivity index (χ3n) is 15.5. The molecule has 5 saturated heterocycles. The number of fused-ring (bicyclic) bond motifs is 3. The molecule has 5 unspecified atom stereocenters.